The van der Waals surface area contributed by atoms with Gasteiger partial charge in [-0.2, -0.15) is 5.10 Å². The van der Waals surface area contributed by atoms with E-state index in [-0.39, 0.29) is 17.5 Å². The number of H-pyrrole nitrogens is 1. The van der Waals surface area contributed by atoms with E-state index in [0.717, 1.165) is 29.7 Å². The van der Waals surface area contributed by atoms with Gasteiger partial charge in [0.1, 0.15) is 28.3 Å². The summed E-state index contributed by atoms with van der Waals surface area (Å²) < 4.78 is 58.7. The zero-order valence-electron chi connectivity index (χ0n) is 18.7. The summed E-state index contributed by atoms with van der Waals surface area (Å²) in [4.78, 5) is -0.499. The minimum atomic E-state index is -4.16. The Hall–Kier alpha value is -3.83. The Morgan fingerprint density at radius 1 is 1.14 bits per heavy atom. The van der Waals surface area contributed by atoms with Gasteiger partial charge in [-0.05, 0) is 47.5 Å². The molecule has 1 aliphatic rings. The molecule has 1 atom stereocenters. The molecule has 0 spiro atoms. The summed E-state index contributed by atoms with van der Waals surface area (Å²) >= 11 is 0. The number of sulfonamides is 1. The number of hydrogen-bond acceptors (Lipinski definition) is 7. The number of rotatable bonds is 7. The molecule has 182 valence electrons. The summed E-state index contributed by atoms with van der Waals surface area (Å²) in [5.41, 5.74) is 8.67. The van der Waals surface area contributed by atoms with Crippen LogP contribution in [0.4, 0.5) is 15.9 Å². The predicted octanol–water partition coefficient (Wildman–Crippen LogP) is 3.93. The summed E-state index contributed by atoms with van der Waals surface area (Å²) in [6, 6.07) is 14.0. The number of aromatic amines is 1. The third-order valence-corrected chi connectivity index (χ3v) is 7.13. The zero-order valence-corrected chi connectivity index (χ0v) is 19.6. The molecular weight excluding hydrogens is 475 g/mol. The first kappa shape index (κ1) is 22.9. The lowest BCUT2D eigenvalue weighted by Crippen LogP contribution is -2.16. The first-order valence-corrected chi connectivity index (χ1v) is 12.3. The third-order valence-electron chi connectivity index (χ3n) is 5.73. The van der Waals surface area contributed by atoms with E-state index in [1.165, 1.54) is 13.2 Å². The highest BCUT2D eigenvalue weighted by atomic mass is 32.2. The monoisotopic (exact) mass is 498 g/mol. The topological polar surface area (TPSA) is 129 Å². The van der Waals surface area contributed by atoms with Crippen LogP contribution in [0.3, 0.4) is 0 Å². The number of anilines is 2. The largest absolute Gasteiger partial charge is 0.497 e. The van der Waals surface area contributed by atoms with Gasteiger partial charge in [0.05, 0.1) is 31.2 Å². The van der Waals surface area contributed by atoms with Crippen molar-refractivity contribution in [3.63, 3.8) is 0 Å². The summed E-state index contributed by atoms with van der Waals surface area (Å²) in [7, 11) is -2.79. The minimum Gasteiger partial charge on any atom is -0.497 e. The molecule has 0 saturated carbocycles. The average molecular weight is 499 g/mol. The standard InChI is InChI=1S/C24H23FN4O5S/c1-32-17-6-7-19(25)22(12-17)35(30,31)29-16-4-2-14(3-5-16)15-10-20-23(24(26)28-27-20)21(11-15)34-18-8-9-33-13-18/h2-7,10-12,18,29H,8-9,13H2,1H3,(H3,26,27,28)/t18-/m1/s1. The lowest BCUT2D eigenvalue weighted by atomic mass is 10.0. The second-order valence-corrected chi connectivity index (χ2v) is 9.74. The van der Waals surface area contributed by atoms with Crippen molar-refractivity contribution in [2.75, 3.05) is 30.8 Å². The Bertz CT molecular complexity index is 1480. The number of ether oxygens (including phenoxy) is 3. The van der Waals surface area contributed by atoms with Gasteiger partial charge < -0.3 is 19.9 Å². The molecule has 4 N–H and O–H groups in total. The maximum atomic E-state index is 14.2. The zero-order chi connectivity index (χ0) is 24.6. The van der Waals surface area contributed by atoms with Crippen molar-refractivity contribution >= 4 is 32.4 Å². The number of hydrogen-bond donors (Lipinski definition) is 3. The van der Waals surface area contributed by atoms with Crippen LogP contribution in [0.15, 0.2) is 59.5 Å². The molecule has 35 heavy (non-hydrogen) atoms. The number of nitrogens with two attached hydrogens (primary N) is 1. The molecule has 0 bridgehead atoms. The lowest BCUT2D eigenvalue weighted by molar-refractivity contribution is 0.142. The van der Waals surface area contributed by atoms with Crippen LogP contribution in [0.25, 0.3) is 22.0 Å². The van der Waals surface area contributed by atoms with Gasteiger partial charge in [0.2, 0.25) is 0 Å². The van der Waals surface area contributed by atoms with E-state index in [1.54, 1.807) is 24.3 Å². The molecule has 5 rings (SSSR count). The average Bonchev–Trinajstić information content (AvgIpc) is 3.49. The van der Waals surface area contributed by atoms with Crippen molar-refractivity contribution in [3.8, 4) is 22.6 Å². The predicted molar refractivity (Wildman–Crippen MR) is 130 cm³/mol. The van der Waals surface area contributed by atoms with Crippen LogP contribution in [0.5, 0.6) is 11.5 Å². The maximum absolute atomic E-state index is 14.2. The van der Waals surface area contributed by atoms with Gasteiger partial charge in [-0.3, -0.25) is 9.82 Å². The number of methoxy groups -OCH3 is 1. The third kappa shape index (κ3) is 4.60. The molecule has 1 saturated heterocycles. The fourth-order valence-electron chi connectivity index (χ4n) is 3.95. The van der Waals surface area contributed by atoms with E-state index in [4.69, 9.17) is 19.9 Å². The van der Waals surface area contributed by atoms with E-state index in [0.29, 0.717) is 35.7 Å². The van der Waals surface area contributed by atoms with Gasteiger partial charge in [-0.25, -0.2) is 12.8 Å². The first-order valence-electron chi connectivity index (χ1n) is 10.8. The Kier molecular flexibility index (Phi) is 5.95. The number of nitrogens with one attached hydrogen (secondary N) is 2. The molecule has 2 heterocycles. The molecule has 4 aromatic rings. The second kappa shape index (κ2) is 9.08. The quantitative estimate of drug-likeness (QED) is 0.352. The molecule has 1 aliphatic heterocycles. The fourth-order valence-corrected chi connectivity index (χ4v) is 5.10. The summed E-state index contributed by atoms with van der Waals surface area (Å²) in [5, 5.41) is 7.71. The van der Waals surface area contributed by atoms with Gasteiger partial charge in [-0.1, -0.05) is 12.1 Å². The number of nitrogen functional groups attached to an aromatic ring is 1. The number of fused-ring (bicyclic) bond motifs is 1. The molecule has 0 radical (unpaired) electrons. The van der Waals surface area contributed by atoms with E-state index < -0.39 is 20.7 Å². The molecule has 1 fully saturated rings. The molecular formula is C24H23FN4O5S. The van der Waals surface area contributed by atoms with Crippen LogP contribution < -0.4 is 19.9 Å². The van der Waals surface area contributed by atoms with Crippen LogP contribution in [-0.2, 0) is 14.8 Å². The number of halogens is 1. The van der Waals surface area contributed by atoms with E-state index in [1.807, 2.05) is 12.1 Å². The maximum Gasteiger partial charge on any atom is 0.264 e. The lowest BCUT2D eigenvalue weighted by Gasteiger charge is -2.15. The smallest absolute Gasteiger partial charge is 0.264 e. The van der Waals surface area contributed by atoms with Crippen LogP contribution in [-0.4, -0.2) is 45.0 Å². The highest BCUT2D eigenvalue weighted by Gasteiger charge is 2.22. The normalized spacial score (nSPS) is 15.9. The molecule has 0 amide bonds. The Morgan fingerprint density at radius 2 is 1.94 bits per heavy atom. The molecule has 11 heteroatoms. The molecule has 9 nitrogen and oxygen atoms in total. The van der Waals surface area contributed by atoms with Crippen molar-refractivity contribution in [2.24, 2.45) is 0 Å². The number of nitrogens with zero attached hydrogens (tertiary/aromatic N) is 1. The van der Waals surface area contributed by atoms with E-state index >= 15 is 0 Å². The highest BCUT2D eigenvalue weighted by molar-refractivity contribution is 7.92. The van der Waals surface area contributed by atoms with E-state index in [2.05, 4.69) is 14.9 Å². The van der Waals surface area contributed by atoms with Gasteiger partial charge in [0.25, 0.3) is 10.0 Å². The molecule has 0 aliphatic carbocycles. The highest BCUT2D eigenvalue weighted by Crippen LogP contribution is 2.36. The van der Waals surface area contributed by atoms with Gasteiger partial charge in [0, 0.05) is 18.2 Å². The van der Waals surface area contributed by atoms with Gasteiger partial charge in [-0.15, -0.1) is 0 Å². The Labute approximate surface area is 201 Å². The van der Waals surface area contributed by atoms with Crippen molar-refractivity contribution in [3.05, 3.63) is 60.4 Å². The Balaban J connectivity index is 1.43. The van der Waals surface area contributed by atoms with Gasteiger partial charge >= 0.3 is 0 Å². The van der Waals surface area contributed by atoms with Gasteiger partial charge in [0.15, 0.2) is 5.82 Å². The molecule has 1 aromatic heterocycles. The number of benzene rings is 3. The van der Waals surface area contributed by atoms with E-state index in [9.17, 15) is 12.8 Å². The van der Waals surface area contributed by atoms with Crippen LogP contribution >= 0.6 is 0 Å². The van der Waals surface area contributed by atoms with Crippen molar-refractivity contribution in [1.29, 1.82) is 0 Å². The SMILES string of the molecule is COc1ccc(F)c(S(=O)(=O)Nc2ccc(-c3cc(O[C@@H]4CCOC4)c4c(N)n[nH]c4c3)cc2)c1. The van der Waals surface area contributed by atoms with Crippen molar-refractivity contribution in [2.45, 2.75) is 17.4 Å². The van der Waals surface area contributed by atoms with Crippen molar-refractivity contribution < 1.29 is 27.0 Å². The Morgan fingerprint density at radius 3 is 2.66 bits per heavy atom. The first-order chi connectivity index (χ1) is 16.8. The van der Waals surface area contributed by atoms with Crippen molar-refractivity contribution in [1.82, 2.24) is 10.2 Å². The van der Waals surface area contributed by atoms with Crippen LogP contribution in [0, 0.1) is 5.82 Å². The van der Waals surface area contributed by atoms with Crippen LogP contribution in [0.2, 0.25) is 0 Å². The number of aromatic nitrogens is 2. The second-order valence-electron chi connectivity index (χ2n) is 8.09. The fraction of sp³-hybridized carbons (Fsp3) is 0.208. The minimum absolute atomic E-state index is 0.0726. The molecule has 0 unspecified atom stereocenters. The summed E-state index contributed by atoms with van der Waals surface area (Å²) in [6.45, 7) is 1.15. The summed E-state index contributed by atoms with van der Waals surface area (Å²) in [5.74, 6) is 0.300. The van der Waals surface area contributed by atoms with Crippen LogP contribution in [0.1, 0.15) is 6.42 Å². The molecule has 3 aromatic carbocycles. The summed E-state index contributed by atoms with van der Waals surface area (Å²) in [6.07, 6.45) is 0.711.